The third-order valence-corrected chi connectivity index (χ3v) is 3.25. The van der Waals surface area contributed by atoms with Crippen LogP contribution in [0.3, 0.4) is 0 Å². The van der Waals surface area contributed by atoms with Gasteiger partial charge in [0, 0.05) is 13.2 Å². The van der Waals surface area contributed by atoms with Crippen LogP contribution in [-0.2, 0) is 14.2 Å². The zero-order valence-electron chi connectivity index (χ0n) is 14.9. The topological polar surface area (TPSA) is 119 Å². The lowest BCUT2D eigenvalue weighted by atomic mass is 10.2. The molecule has 10 nitrogen and oxygen atoms in total. The maximum Gasteiger partial charge on any atom is 0.413 e. The van der Waals surface area contributed by atoms with E-state index in [1.54, 1.807) is 25.3 Å². The van der Waals surface area contributed by atoms with Crippen molar-refractivity contribution >= 4 is 58.2 Å². The van der Waals surface area contributed by atoms with Gasteiger partial charge in [-0.3, -0.25) is 10.6 Å². The van der Waals surface area contributed by atoms with Crippen LogP contribution >= 0.6 is 24.4 Å². The van der Waals surface area contributed by atoms with Crippen LogP contribution in [-0.4, -0.2) is 57.0 Å². The van der Waals surface area contributed by atoms with Gasteiger partial charge in [-0.05, 0) is 36.6 Å². The van der Waals surface area contributed by atoms with Gasteiger partial charge in [0.25, 0.3) is 0 Å². The maximum absolute atomic E-state index is 11.3. The van der Waals surface area contributed by atoms with Gasteiger partial charge in [-0.15, -0.1) is 0 Å². The van der Waals surface area contributed by atoms with Gasteiger partial charge < -0.3 is 29.6 Å². The van der Waals surface area contributed by atoms with Crippen molar-refractivity contribution in [3.05, 3.63) is 18.2 Å². The minimum absolute atomic E-state index is 0.00444. The van der Waals surface area contributed by atoms with Crippen LogP contribution in [0.25, 0.3) is 0 Å². The summed E-state index contributed by atoms with van der Waals surface area (Å²) in [5.41, 5.74) is 0.893. The van der Waals surface area contributed by atoms with Gasteiger partial charge in [0.1, 0.15) is 12.4 Å². The number of benzene rings is 1. The molecule has 0 aliphatic carbocycles. The average Bonchev–Trinajstić information content (AvgIpc) is 2.63. The summed E-state index contributed by atoms with van der Waals surface area (Å²) in [6.45, 7) is 0.758. The highest BCUT2D eigenvalue weighted by molar-refractivity contribution is 7.80. The fraction of sp³-hybridized carbons (Fsp3) is 0.333. The monoisotopic (exact) mass is 416 g/mol. The standard InChI is InChI=1S/C15H20N4O6S2/c1-22-6-7-25-9-4-5-10(16-12(26)18-14(20)23-2)11(8-9)17-13(27)19-15(21)24-3/h4-5,8H,6-7H2,1-3H3,(H2,16,18,20,26)(H2,17,19,21,27). The first-order valence-corrected chi connectivity index (χ1v) is 8.29. The van der Waals surface area contributed by atoms with E-state index >= 15 is 0 Å². The SMILES string of the molecule is COCCOc1ccc(NC(=S)NC(=O)OC)c(NC(=S)NC(=O)OC)c1. The smallest absolute Gasteiger partial charge is 0.413 e. The Morgan fingerprint density at radius 1 is 0.889 bits per heavy atom. The maximum atomic E-state index is 11.3. The highest BCUT2D eigenvalue weighted by atomic mass is 32.1. The Kier molecular flexibility index (Phi) is 9.79. The number of hydrogen-bond acceptors (Lipinski definition) is 8. The number of methoxy groups -OCH3 is 3. The molecular weight excluding hydrogens is 396 g/mol. The van der Waals surface area contributed by atoms with Gasteiger partial charge in [-0.2, -0.15) is 0 Å². The number of alkyl carbamates (subject to hydrolysis) is 2. The summed E-state index contributed by atoms with van der Waals surface area (Å²) in [6, 6.07) is 4.96. The number of amides is 2. The Balaban J connectivity index is 2.94. The molecule has 1 aromatic rings. The largest absolute Gasteiger partial charge is 0.491 e. The van der Waals surface area contributed by atoms with Crippen LogP contribution in [0.15, 0.2) is 18.2 Å². The molecule has 4 N–H and O–H groups in total. The molecule has 27 heavy (non-hydrogen) atoms. The van der Waals surface area contributed by atoms with Crippen LogP contribution in [0.1, 0.15) is 0 Å². The Labute approximate surface area is 166 Å². The van der Waals surface area contributed by atoms with Gasteiger partial charge >= 0.3 is 12.2 Å². The van der Waals surface area contributed by atoms with E-state index < -0.39 is 12.2 Å². The van der Waals surface area contributed by atoms with Gasteiger partial charge in [0.15, 0.2) is 10.2 Å². The molecule has 0 spiro atoms. The number of hydrogen-bond donors (Lipinski definition) is 4. The zero-order chi connectivity index (χ0) is 20.2. The van der Waals surface area contributed by atoms with Crippen molar-refractivity contribution in [3.8, 4) is 5.75 Å². The fourth-order valence-electron chi connectivity index (χ4n) is 1.66. The van der Waals surface area contributed by atoms with Crippen molar-refractivity contribution < 1.29 is 28.5 Å². The lowest BCUT2D eigenvalue weighted by Gasteiger charge is -2.17. The quantitative estimate of drug-likeness (QED) is 0.404. The molecule has 0 heterocycles. The van der Waals surface area contributed by atoms with E-state index in [0.29, 0.717) is 30.3 Å². The number of rotatable bonds is 6. The third kappa shape index (κ3) is 8.48. The molecule has 0 fully saturated rings. The van der Waals surface area contributed by atoms with Gasteiger partial charge in [-0.25, -0.2) is 9.59 Å². The van der Waals surface area contributed by atoms with Crippen molar-refractivity contribution in [1.82, 2.24) is 10.6 Å². The lowest BCUT2D eigenvalue weighted by molar-refractivity contribution is 0.146. The number of nitrogens with one attached hydrogen (secondary N) is 4. The van der Waals surface area contributed by atoms with Crippen LogP contribution < -0.4 is 26.0 Å². The van der Waals surface area contributed by atoms with Crippen LogP contribution in [0.2, 0.25) is 0 Å². The number of carbonyl (C=O) groups is 2. The molecule has 0 aliphatic rings. The van der Waals surface area contributed by atoms with E-state index in [-0.39, 0.29) is 10.2 Å². The van der Waals surface area contributed by atoms with Crippen molar-refractivity contribution in [3.63, 3.8) is 0 Å². The molecular formula is C15H20N4O6S2. The molecule has 12 heteroatoms. The normalized spacial score (nSPS) is 9.59. The highest BCUT2D eigenvalue weighted by Crippen LogP contribution is 2.27. The molecule has 0 radical (unpaired) electrons. The molecule has 0 saturated heterocycles. The molecule has 0 bridgehead atoms. The Morgan fingerprint density at radius 2 is 1.44 bits per heavy atom. The average molecular weight is 416 g/mol. The van der Waals surface area contributed by atoms with E-state index in [9.17, 15) is 9.59 Å². The first-order valence-electron chi connectivity index (χ1n) is 7.47. The van der Waals surface area contributed by atoms with Crippen LogP contribution in [0, 0.1) is 0 Å². The van der Waals surface area contributed by atoms with Crippen molar-refractivity contribution in [2.75, 3.05) is 45.2 Å². The Hall–Kier alpha value is -2.70. The summed E-state index contributed by atoms with van der Waals surface area (Å²) < 4.78 is 19.4. The lowest BCUT2D eigenvalue weighted by Crippen LogP contribution is -2.35. The first kappa shape index (κ1) is 22.3. The minimum Gasteiger partial charge on any atom is -0.491 e. The summed E-state index contributed by atoms with van der Waals surface area (Å²) in [4.78, 5) is 22.5. The van der Waals surface area contributed by atoms with Crippen molar-refractivity contribution in [2.45, 2.75) is 0 Å². The molecule has 0 saturated carbocycles. The highest BCUT2D eigenvalue weighted by Gasteiger charge is 2.12. The van der Waals surface area contributed by atoms with Gasteiger partial charge in [0.2, 0.25) is 0 Å². The predicted molar refractivity (Wildman–Crippen MR) is 107 cm³/mol. The minimum atomic E-state index is -0.725. The molecule has 0 aliphatic heterocycles. The van der Waals surface area contributed by atoms with Crippen LogP contribution in [0.4, 0.5) is 21.0 Å². The first-order chi connectivity index (χ1) is 12.9. The summed E-state index contributed by atoms with van der Waals surface area (Å²) in [5.74, 6) is 0.521. The van der Waals surface area contributed by atoms with Crippen LogP contribution in [0.5, 0.6) is 5.75 Å². The molecule has 0 unspecified atom stereocenters. The van der Waals surface area contributed by atoms with E-state index in [2.05, 4.69) is 30.7 Å². The molecule has 0 atom stereocenters. The van der Waals surface area contributed by atoms with Gasteiger partial charge in [0.05, 0.1) is 32.2 Å². The van der Waals surface area contributed by atoms with Gasteiger partial charge in [-0.1, -0.05) is 0 Å². The summed E-state index contributed by atoms with van der Waals surface area (Å²) in [7, 11) is 4.00. The molecule has 1 aromatic carbocycles. The van der Waals surface area contributed by atoms with E-state index in [1.807, 2.05) is 0 Å². The third-order valence-electron chi connectivity index (χ3n) is 2.85. The number of ether oxygens (including phenoxy) is 4. The second-order valence-corrected chi connectivity index (χ2v) is 5.51. The van der Waals surface area contributed by atoms with E-state index in [4.69, 9.17) is 33.9 Å². The molecule has 1 rings (SSSR count). The summed E-state index contributed by atoms with van der Waals surface area (Å²) in [5, 5.41) is 10.3. The number of thiocarbonyl (C=S) groups is 2. The number of anilines is 2. The van der Waals surface area contributed by atoms with E-state index in [0.717, 1.165) is 0 Å². The van der Waals surface area contributed by atoms with E-state index in [1.165, 1.54) is 14.2 Å². The Bertz CT molecular complexity index is 701. The molecule has 2 amide bonds. The second kappa shape index (κ2) is 11.8. The predicted octanol–water partition coefficient (Wildman–Crippen LogP) is 1.82. The Morgan fingerprint density at radius 3 is 1.96 bits per heavy atom. The molecule has 148 valence electrons. The second-order valence-electron chi connectivity index (χ2n) is 4.69. The zero-order valence-corrected chi connectivity index (χ0v) is 16.5. The number of carbonyl (C=O) groups excluding carboxylic acids is 2. The fourth-order valence-corrected chi connectivity index (χ4v) is 2.05. The van der Waals surface area contributed by atoms with Crippen molar-refractivity contribution in [1.29, 1.82) is 0 Å². The van der Waals surface area contributed by atoms with Crippen molar-refractivity contribution in [2.24, 2.45) is 0 Å². The summed E-state index contributed by atoms with van der Waals surface area (Å²) >= 11 is 10.1. The summed E-state index contributed by atoms with van der Waals surface area (Å²) in [6.07, 6.45) is -1.44. The molecule has 0 aromatic heterocycles.